The maximum Gasteiger partial charge on any atom is 0.293 e. The lowest BCUT2D eigenvalue weighted by molar-refractivity contribution is 0.229. The molecule has 3 aromatic rings. The van der Waals surface area contributed by atoms with E-state index in [1.54, 1.807) is 0 Å². The monoisotopic (exact) mass is 306 g/mol. The molecule has 1 fully saturated rings. The number of furan rings is 1. The molecule has 6 nitrogen and oxygen atoms in total. The molecule has 3 heterocycles. The van der Waals surface area contributed by atoms with Crippen molar-refractivity contribution in [2.24, 2.45) is 5.73 Å². The molecule has 0 spiro atoms. The third-order valence-electron chi connectivity index (χ3n) is 3.84. The number of rotatable bonds is 2. The van der Waals surface area contributed by atoms with Crippen LogP contribution in [0.3, 0.4) is 0 Å². The van der Waals surface area contributed by atoms with Gasteiger partial charge in [-0.1, -0.05) is 5.16 Å². The van der Waals surface area contributed by atoms with Crippen LogP contribution in [0.1, 0.15) is 30.8 Å². The number of pyridine rings is 1. The summed E-state index contributed by atoms with van der Waals surface area (Å²) in [5, 5.41) is 3.98. The minimum absolute atomic E-state index is 0. The number of nitrogens with two attached hydrogens (primary N) is 1. The highest BCUT2D eigenvalue weighted by atomic mass is 35.5. The number of fused-ring (bicyclic) bond motifs is 1. The Morgan fingerprint density at radius 3 is 2.76 bits per heavy atom. The number of hydrogen-bond donors (Lipinski definition) is 1. The van der Waals surface area contributed by atoms with Crippen LogP contribution in [-0.4, -0.2) is 15.1 Å². The summed E-state index contributed by atoms with van der Waals surface area (Å²) < 4.78 is 11.0. The van der Waals surface area contributed by atoms with Crippen molar-refractivity contribution in [2.75, 3.05) is 0 Å². The molecule has 0 aliphatic heterocycles. The molecule has 21 heavy (non-hydrogen) atoms. The van der Waals surface area contributed by atoms with Crippen LogP contribution in [0.4, 0.5) is 0 Å². The first-order chi connectivity index (χ1) is 9.64. The molecule has 2 N–H and O–H groups in total. The average molecular weight is 307 g/mol. The maximum atomic E-state index is 6.18. The lowest BCUT2D eigenvalue weighted by atomic mass is 9.77. The van der Waals surface area contributed by atoms with Crippen molar-refractivity contribution in [3.8, 4) is 11.7 Å². The van der Waals surface area contributed by atoms with Crippen molar-refractivity contribution >= 4 is 23.5 Å². The molecule has 0 unspecified atom stereocenters. The summed E-state index contributed by atoms with van der Waals surface area (Å²) in [6.45, 7) is 1.94. The summed E-state index contributed by atoms with van der Waals surface area (Å²) in [6.07, 6.45) is 2.90. The average Bonchev–Trinajstić information content (AvgIpc) is 3.01. The van der Waals surface area contributed by atoms with Gasteiger partial charge in [0.2, 0.25) is 0 Å². The topological polar surface area (TPSA) is 91.0 Å². The lowest BCUT2D eigenvalue weighted by Crippen LogP contribution is -2.44. The molecular formula is C14H15ClN4O2. The highest BCUT2D eigenvalue weighted by Gasteiger charge is 2.39. The van der Waals surface area contributed by atoms with Crippen molar-refractivity contribution in [3.63, 3.8) is 0 Å². The minimum Gasteiger partial charge on any atom is -0.449 e. The Hall–Kier alpha value is -1.92. The molecule has 3 aromatic heterocycles. The van der Waals surface area contributed by atoms with E-state index < -0.39 is 5.54 Å². The van der Waals surface area contributed by atoms with Gasteiger partial charge in [-0.2, -0.15) is 4.98 Å². The highest BCUT2D eigenvalue weighted by molar-refractivity contribution is 5.85. The van der Waals surface area contributed by atoms with E-state index in [1.807, 2.05) is 25.1 Å². The van der Waals surface area contributed by atoms with Gasteiger partial charge in [0.1, 0.15) is 5.52 Å². The highest BCUT2D eigenvalue weighted by Crippen LogP contribution is 2.38. The predicted octanol–water partition coefficient (Wildman–Crippen LogP) is 2.95. The van der Waals surface area contributed by atoms with E-state index in [0.717, 1.165) is 30.5 Å². The standard InChI is InChI=1S/C14H14N4O2.ClH/c1-8-3-4-10-9(16-8)7-11(19-10)12-17-13(18-20-12)14(15)5-2-6-14;/h3-4,7H,2,5-6,15H2,1H3;1H. The molecule has 1 saturated carbocycles. The molecule has 0 saturated heterocycles. The first-order valence-corrected chi connectivity index (χ1v) is 6.65. The number of aryl methyl sites for hydroxylation is 1. The quantitative estimate of drug-likeness (QED) is 0.782. The zero-order valence-corrected chi connectivity index (χ0v) is 12.3. The zero-order chi connectivity index (χ0) is 13.7. The van der Waals surface area contributed by atoms with Gasteiger partial charge >= 0.3 is 0 Å². The Morgan fingerprint density at radius 2 is 2.05 bits per heavy atom. The Morgan fingerprint density at radius 1 is 1.24 bits per heavy atom. The second kappa shape index (κ2) is 4.82. The molecule has 0 amide bonds. The first kappa shape index (κ1) is 14.0. The molecule has 110 valence electrons. The van der Waals surface area contributed by atoms with Gasteiger partial charge in [-0.05, 0) is 38.3 Å². The number of nitrogens with zero attached hydrogens (tertiary/aromatic N) is 3. The van der Waals surface area contributed by atoms with E-state index in [1.165, 1.54) is 0 Å². The molecule has 7 heteroatoms. The Balaban J connectivity index is 0.00000132. The van der Waals surface area contributed by atoms with Gasteiger partial charge in [0.25, 0.3) is 5.89 Å². The van der Waals surface area contributed by atoms with Crippen molar-refractivity contribution < 1.29 is 8.94 Å². The summed E-state index contributed by atoms with van der Waals surface area (Å²) in [5.74, 6) is 1.44. The summed E-state index contributed by atoms with van der Waals surface area (Å²) in [5.41, 5.74) is 8.18. The predicted molar refractivity (Wildman–Crippen MR) is 79.0 cm³/mol. The van der Waals surface area contributed by atoms with E-state index in [2.05, 4.69) is 15.1 Å². The minimum atomic E-state index is -0.428. The van der Waals surface area contributed by atoms with Gasteiger partial charge in [0.05, 0.1) is 5.54 Å². The van der Waals surface area contributed by atoms with Crippen LogP contribution in [0, 0.1) is 6.92 Å². The molecule has 0 atom stereocenters. The van der Waals surface area contributed by atoms with E-state index in [-0.39, 0.29) is 12.4 Å². The van der Waals surface area contributed by atoms with Gasteiger partial charge in [-0.15, -0.1) is 12.4 Å². The summed E-state index contributed by atoms with van der Waals surface area (Å²) in [7, 11) is 0. The zero-order valence-electron chi connectivity index (χ0n) is 11.5. The molecule has 1 aliphatic rings. The fraction of sp³-hybridized carbons (Fsp3) is 0.357. The first-order valence-electron chi connectivity index (χ1n) is 6.65. The molecule has 4 rings (SSSR count). The van der Waals surface area contributed by atoms with Gasteiger partial charge < -0.3 is 14.7 Å². The van der Waals surface area contributed by atoms with Gasteiger partial charge in [0, 0.05) is 11.8 Å². The summed E-state index contributed by atoms with van der Waals surface area (Å²) in [4.78, 5) is 8.76. The lowest BCUT2D eigenvalue weighted by Gasteiger charge is -2.34. The van der Waals surface area contributed by atoms with Gasteiger partial charge in [-0.25, -0.2) is 4.98 Å². The second-order valence-electron chi connectivity index (χ2n) is 5.38. The summed E-state index contributed by atoms with van der Waals surface area (Å²) in [6, 6.07) is 5.59. The van der Waals surface area contributed by atoms with Crippen molar-refractivity contribution in [1.82, 2.24) is 15.1 Å². The Bertz CT molecular complexity index is 791. The van der Waals surface area contributed by atoms with Crippen LogP contribution in [0.25, 0.3) is 22.8 Å². The van der Waals surface area contributed by atoms with E-state index in [0.29, 0.717) is 23.1 Å². The van der Waals surface area contributed by atoms with Crippen LogP contribution in [0.2, 0.25) is 0 Å². The smallest absolute Gasteiger partial charge is 0.293 e. The maximum absolute atomic E-state index is 6.18. The molecule has 0 bridgehead atoms. The Labute approximate surface area is 127 Å². The molecule has 0 radical (unpaired) electrons. The molecule has 0 aromatic carbocycles. The molecular weight excluding hydrogens is 292 g/mol. The van der Waals surface area contributed by atoms with Crippen LogP contribution >= 0.6 is 12.4 Å². The number of aromatic nitrogens is 3. The van der Waals surface area contributed by atoms with Crippen molar-refractivity contribution in [2.45, 2.75) is 31.7 Å². The van der Waals surface area contributed by atoms with Crippen molar-refractivity contribution in [1.29, 1.82) is 0 Å². The van der Waals surface area contributed by atoms with E-state index in [9.17, 15) is 0 Å². The summed E-state index contributed by atoms with van der Waals surface area (Å²) >= 11 is 0. The van der Waals surface area contributed by atoms with Gasteiger partial charge in [-0.3, -0.25) is 0 Å². The van der Waals surface area contributed by atoms with E-state index >= 15 is 0 Å². The number of hydrogen-bond acceptors (Lipinski definition) is 6. The third-order valence-corrected chi connectivity index (χ3v) is 3.84. The fourth-order valence-corrected chi connectivity index (χ4v) is 2.44. The van der Waals surface area contributed by atoms with Gasteiger partial charge in [0.15, 0.2) is 17.2 Å². The van der Waals surface area contributed by atoms with Crippen LogP contribution in [0.5, 0.6) is 0 Å². The third kappa shape index (κ3) is 2.20. The van der Waals surface area contributed by atoms with E-state index in [4.69, 9.17) is 14.7 Å². The SMILES string of the molecule is Cc1ccc2oc(-c3nc(C4(N)CCC4)no3)cc2n1.Cl. The van der Waals surface area contributed by atoms with Crippen LogP contribution in [0.15, 0.2) is 27.1 Å². The normalized spacial score (nSPS) is 16.5. The fourth-order valence-electron chi connectivity index (χ4n) is 2.44. The van der Waals surface area contributed by atoms with Crippen LogP contribution < -0.4 is 5.73 Å². The molecule has 1 aliphatic carbocycles. The van der Waals surface area contributed by atoms with Crippen molar-refractivity contribution in [3.05, 3.63) is 29.7 Å². The van der Waals surface area contributed by atoms with Crippen LogP contribution in [-0.2, 0) is 5.54 Å². The number of halogens is 1. The Kier molecular flexibility index (Phi) is 3.22. The second-order valence-corrected chi connectivity index (χ2v) is 5.38. The largest absolute Gasteiger partial charge is 0.449 e.